The van der Waals surface area contributed by atoms with Crippen LogP contribution in [0, 0.1) is 0 Å². The van der Waals surface area contributed by atoms with Gasteiger partial charge in [0.25, 0.3) is 0 Å². The molecule has 0 amide bonds. The van der Waals surface area contributed by atoms with Crippen LogP contribution < -0.4 is 0 Å². The number of benzene rings is 5. The number of halogens is 1. The molecule has 0 atom stereocenters. The average Bonchev–Trinajstić information content (AvgIpc) is 2.88. The van der Waals surface area contributed by atoms with E-state index in [2.05, 4.69) is 76.7 Å². The Hall–Kier alpha value is -4.08. The maximum absolute atomic E-state index is 6.32. The summed E-state index contributed by atoms with van der Waals surface area (Å²) < 4.78 is 0. The molecular formula is C29H18ClN3. The van der Waals surface area contributed by atoms with Crippen LogP contribution in [0.1, 0.15) is 0 Å². The van der Waals surface area contributed by atoms with E-state index in [0.29, 0.717) is 11.6 Å². The number of hydrogen-bond donors (Lipinski definition) is 0. The predicted molar refractivity (Wildman–Crippen MR) is 136 cm³/mol. The Morgan fingerprint density at radius 2 is 1.12 bits per heavy atom. The first kappa shape index (κ1) is 19.6. The van der Waals surface area contributed by atoms with Gasteiger partial charge in [-0.3, -0.25) is 0 Å². The second-order valence-electron chi connectivity index (χ2n) is 7.89. The predicted octanol–water partition coefficient (Wildman–Crippen LogP) is 7.83. The van der Waals surface area contributed by atoms with Gasteiger partial charge in [0.05, 0.1) is 0 Å². The monoisotopic (exact) mass is 443 g/mol. The summed E-state index contributed by atoms with van der Waals surface area (Å²) in [6, 6.07) is 37.4. The van der Waals surface area contributed by atoms with Gasteiger partial charge in [-0.1, -0.05) is 103 Å². The molecule has 0 aliphatic carbocycles. The van der Waals surface area contributed by atoms with Gasteiger partial charge in [0.2, 0.25) is 5.28 Å². The van der Waals surface area contributed by atoms with Crippen LogP contribution in [-0.2, 0) is 0 Å². The quantitative estimate of drug-likeness (QED) is 0.279. The van der Waals surface area contributed by atoms with Crippen LogP contribution in [0.15, 0.2) is 109 Å². The van der Waals surface area contributed by atoms with Gasteiger partial charge in [-0.05, 0) is 50.3 Å². The Balaban J connectivity index is 1.54. The molecule has 0 N–H and O–H groups in total. The van der Waals surface area contributed by atoms with Crippen molar-refractivity contribution in [2.45, 2.75) is 0 Å². The zero-order valence-electron chi connectivity index (χ0n) is 17.6. The number of hydrogen-bond acceptors (Lipinski definition) is 3. The van der Waals surface area contributed by atoms with Crippen molar-refractivity contribution in [3.63, 3.8) is 0 Å². The first-order valence-electron chi connectivity index (χ1n) is 10.7. The van der Waals surface area contributed by atoms with E-state index in [4.69, 9.17) is 16.6 Å². The third-order valence-corrected chi connectivity index (χ3v) is 6.03. The third kappa shape index (κ3) is 3.63. The molecule has 4 heteroatoms. The molecule has 1 aromatic heterocycles. The molecule has 0 radical (unpaired) electrons. The zero-order valence-corrected chi connectivity index (χ0v) is 18.4. The van der Waals surface area contributed by atoms with E-state index in [-0.39, 0.29) is 5.28 Å². The van der Waals surface area contributed by atoms with Crippen molar-refractivity contribution in [3.05, 3.63) is 114 Å². The lowest BCUT2D eigenvalue weighted by atomic mass is 9.94. The lowest BCUT2D eigenvalue weighted by molar-refractivity contribution is 1.07. The molecule has 33 heavy (non-hydrogen) atoms. The summed E-state index contributed by atoms with van der Waals surface area (Å²) >= 11 is 6.32. The molecule has 0 saturated heterocycles. The molecule has 0 spiro atoms. The van der Waals surface area contributed by atoms with E-state index >= 15 is 0 Å². The molecule has 6 aromatic rings. The first-order chi connectivity index (χ1) is 16.3. The smallest absolute Gasteiger partial charge is 0.208 e. The van der Waals surface area contributed by atoms with Gasteiger partial charge in [-0.2, -0.15) is 9.97 Å². The van der Waals surface area contributed by atoms with Crippen molar-refractivity contribution >= 4 is 33.1 Å². The highest BCUT2D eigenvalue weighted by molar-refractivity contribution is 6.28. The number of fused-ring (bicyclic) bond motifs is 2. The second kappa shape index (κ2) is 8.12. The van der Waals surface area contributed by atoms with E-state index in [9.17, 15) is 0 Å². The maximum atomic E-state index is 6.32. The van der Waals surface area contributed by atoms with E-state index in [1.807, 2.05) is 42.5 Å². The van der Waals surface area contributed by atoms with Crippen LogP contribution in [0.5, 0.6) is 0 Å². The molecular weight excluding hydrogens is 426 g/mol. The zero-order chi connectivity index (χ0) is 22.2. The minimum atomic E-state index is 0.182. The minimum Gasteiger partial charge on any atom is -0.208 e. The highest BCUT2D eigenvalue weighted by Crippen LogP contribution is 2.35. The van der Waals surface area contributed by atoms with Gasteiger partial charge in [0, 0.05) is 11.1 Å². The Morgan fingerprint density at radius 3 is 1.94 bits per heavy atom. The highest BCUT2D eigenvalue weighted by atomic mass is 35.5. The summed E-state index contributed by atoms with van der Waals surface area (Å²) in [6.45, 7) is 0. The SMILES string of the molecule is Clc1nc(-c2ccccc2)nc(-c2cccc3c(-c4ccc5ccccc5c4)cccc23)n1. The topological polar surface area (TPSA) is 38.7 Å². The van der Waals surface area contributed by atoms with E-state index in [0.717, 1.165) is 21.9 Å². The van der Waals surface area contributed by atoms with Crippen molar-refractivity contribution in [2.24, 2.45) is 0 Å². The summed E-state index contributed by atoms with van der Waals surface area (Å²) in [4.78, 5) is 13.6. The summed E-state index contributed by atoms with van der Waals surface area (Å²) in [5, 5.41) is 4.85. The summed E-state index contributed by atoms with van der Waals surface area (Å²) in [5.74, 6) is 1.13. The van der Waals surface area contributed by atoms with Crippen LogP contribution in [0.25, 0.3) is 55.4 Å². The van der Waals surface area contributed by atoms with Crippen molar-refractivity contribution in [2.75, 3.05) is 0 Å². The van der Waals surface area contributed by atoms with Crippen molar-refractivity contribution in [1.82, 2.24) is 15.0 Å². The number of nitrogens with zero attached hydrogens (tertiary/aromatic N) is 3. The normalized spacial score (nSPS) is 11.2. The van der Waals surface area contributed by atoms with Crippen LogP contribution in [0.4, 0.5) is 0 Å². The molecule has 0 bridgehead atoms. The van der Waals surface area contributed by atoms with Gasteiger partial charge < -0.3 is 0 Å². The standard InChI is InChI=1S/C29H18ClN3/c30-29-32-27(20-9-2-1-3-10-20)31-28(33-29)26-15-7-13-24-23(12-6-14-25(24)26)22-17-16-19-8-4-5-11-21(19)18-22/h1-18H. The Morgan fingerprint density at radius 1 is 0.455 bits per heavy atom. The summed E-state index contributed by atoms with van der Waals surface area (Å²) in [7, 11) is 0. The molecule has 5 aromatic carbocycles. The molecule has 156 valence electrons. The molecule has 0 fully saturated rings. The molecule has 6 rings (SSSR count). The Labute approximate surface area is 196 Å². The van der Waals surface area contributed by atoms with Crippen LogP contribution in [-0.4, -0.2) is 15.0 Å². The first-order valence-corrected chi connectivity index (χ1v) is 11.1. The molecule has 0 aliphatic rings. The minimum absolute atomic E-state index is 0.182. The van der Waals surface area contributed by atoms with Crippen LogP contribution >= 0.6 is 11.6 Å². The summed E-state index contributed by atoms with van der Waals surface area (Å²) in [6.07, 6.45) is 0. The molecule has 3 nitrogen and oxygen atoms in total. The van der Waals surface area contributed by atoms with Gasteiger partial charge >= 0.3 is 0 Å². The van der Waals surface area contributed by atoms with Gasteiger partial charge in [-0.15, -0.1) is 0 Å². The molecule has 0 saturated carbocycles. The van der Waals surface area contributed by atoms with Gasteiger partial charge in [0.1, 0.15) is 0 Å². The fourth-order valence-electron chi connectivity index (χ4n) is 4.30. The molecule has 1 heterocycles. The Bertz CT molecular complexity index is 1630. The molecule has 0 unspecified atom stereocenters. The third-order valence-electron chi connectivity index (χ3n) is 5.86. The lowest BCUT2D eigenvalue weighted by Gasteiger charge is -2.12. The fraction of sp³-hybridized carbons (Fsp3) is 0. The molecule has 0 aliphatic heterocycles. The second-order valence-corrected chi connectivity index (χ2v) is 8.22. The lowest BCUT2D eigenvalue weighted by Crippen LogP contribution is -1.97. The van der Waals surface area contributed by atoms with Crippen molar-refractivity contribution in [3.8, 4) is 33.9 Å². The van der Waals surface area contributed by atoms with E-state index in [1.54, 1.807) is 0 Å². The number of rotatable bonds is 3. The Kier molecular flexibility index (Phi) is 4.82. The van der Waals surface area contributed by atoms with Crippen LogP contribution in [0.3, 0.4) is 0 Å². The van der Waals surface area contributed by atoms with Crippen LogP contribution in [0.2, 0.25) is 5.28 Å². The van der Waals surface area contributed by atoms with Crippen molar-refractivity contribution in [1.29, 1.82) is 0 Å². The maximum Gasteiger partial charge on any atom is 0.226 e. The fourth-order valence-corrected chi connectivity index (χ4v) is 4.46. The van der Waals surface area contributed by atoms with Gasteiger partial charge in [-0.25, -0.2) is 4.98 Å². The van der Waals surface area contributed by atoms with E-state index < -0.39 is 0 Å². The van der Waals surface area contributed by atoms with Crippen molar-refractivity contribution < 1.29 is 0 Å². The highest BCUT2D eigenvalue weighted by Gasteiger charge is 2.14. The summed E-state index contributed by atoms with van der Waals surface area (Å²) in [5.41, 5.74) is 4.18. The average molecular weight is 444 g/mol. The largest absolute Gasteiger partial charge is 0.226 e. The van der Waals surface area contributed by atoms with E-state index in [1.165, 1.54) is 21.9 Å². The van der Waals surface area contributed by atoms with Gasteiger partial charge in [0.15, 0.2) is 11.6 Å². The number of aromatic nitrogens is 3.